The molecule has 0 heterocycles. The van der Waals surface area contributed by atoms with E-state index in [1.54, 1.807) is 48.5 Å². The van der Waals surface area contributed by atoms with Gasteiger partial charge in [0.25, 0.3) is 0 Å². The van der Waals surface area contributed by atoms with Crippen molar-refractivity contribution in [2.75, 3.05) is 0 Å². The quantitative estimate of drug-likeness (QED) is 0.0448. The fraction of sp³-hybridized carbons (Fsp3) is 0.188. The van der Waals surface area contributed by atoms with E-state index < -0.39 is 56.0 Å². The van der Waals surface area contributed by atoms with Crippen molar-refractivity contribution < 1.29 is 38.1 Å². The minimum Gasteiger partial charge on any atom is -0.435 e. The molecular weight excluding hydrogens is 1040 g/mol. The molecule has 12 heteroatoms. The Morgan fingerprint density at radius 2 is 0.487 bits per heavy atom. The third-order valence-electron chi connectivity index (χ3n) is 13.1. The first kappa shape index (κ1) is 55.0. The van der Waals surface area contributed by atoms with Crippen LogP contribution in [-0.2, 0) is 58.4 Å². The molecule has 4 atom stereocenters. The second-order valence-corrected chi connectivity index (χ2v) is 20.5. The number of hydrogen-bond acceptors (Lipinski definition) is 8. The van der Waals surface area contributed by atoms with Gasteiger partial charge in [0.2, 0.25) is 20.2 Å². The summed E-state index contributed by atoms with van der Waals surface area (Å²) in [6, 6.07) is 67.0. The van der Waals surface area contributed by atoms with Crippen molar-refractivity contribution in [3.8, 4) is 0 Å². The number of esters is 4. The second-order valence-electron chi connectivity index (χ2n) is 18.4. The lowest BCUT2D eigenvalue weighted by molar-refractivity contribution is -0.148. The summed E-state index contributed by atoms with van der Waals surface area (Å²) in [5, 5.41) is -6.79. The molecule has 0 fully saturated rings. The molecule has 8 aromatic rings. The highest BCUT2D eigenvalue weighted by atomic mass is 35.5. The van der Waals surface area contributed by atoms with Crippen LogP contribution in [-0.4, -0.2) is 23.9 Å². The summed E-state index contributed by atoms with van der Waals surface area (Å²) in [6.07, 6.45) is 0.884. The number of benzene rings is 8. The molecule has 0 spiro atoms. The highest BCUT2D eigenvalue weighted by molar-refractivity contribution is 6.27. The number of hydrogen-bond donors (Lipinski definition) is 0. The first-order valence-corrected chi connectivity index (χ1v) is 26.1. The molecule has 0 radical (unpaired) electrons. The average molecular weight is 1090 g/mol. The third kappa shape index (κ3) is 12.2. The van der Waals surface area contributed by atoms with Crippen LogP contribution in [0.1, 0.15) is 119 Å². The van der Waals surface area contributed by atoms with Crippen molar-refractivity contribution in [3.05, 3.63) is 285 Å². The topological polar surface area (TPSA) is 105 Å². The molecule has 386 valence electrons. The zero-order valence-corrected chi connectivity index (χ0v) is 45.2. The van der Waals surface area contributed by atoms with Crippen molar-refractivity contribution in [1.29, 1.82) is 0 Å². The van der Waals surface area contributed by atoms with Gasteiger partial charge in [-0.1, -0.05) is 241 Å². The Morgan fingerprint density at radius 3 is 0.671 bits per heavy atom. The van der Waals surface area contributed by atoms with Crippen LogP contribution in [0.3, 0.4) is 0 Å². The van der Waals surface area contributed by atoms with Gasteiger partial charge in [0.1, 0.15) is 0 Å². The van der Waals surface area contributed by atoms with Crippen LogP contribution in [0.15, 0.2) is 218 Å². The molecule has 0 aliphatic heterocycles. The van der Waals surface area contributed by atoms with Crippen LogP contribution < -0.4 is 0 Å². The number of rotatable bonds is 19. The monoisotopic (exact) mass is 1090 g/mol. The standard InChI is InChI=1S/C64H54Cl4O8/c1-43(69)73-61(65,51-25-9-5-10-26-51)55-33-17-21-47(39-55)59(48-22-18-34-56(40-48)62(66,74-44(2)70)52-27-11-6-12-28-52)37-38-60(49-23-19-35-57(41-49)63(67,75-45(3)71)53-29-13-7-14-30-53)50-24-20-36-58(42-50)64(68,76-46(4)72)54-31-15-8-16-32-54/h5-36,39-42,59-60H,37-38H2,1-4H3. The van der Waals surface area contributed by atoms with Gasteiger partial charge in [-0.3, -0.25) is 19.2 Å². The molecule has 0 bridgehead atoms. The smallest absolute Gasteiger partial charge is 0.304 e. The van der Waals surface area contributed by atoms with Gasteiger partial charge in [-0.15, -0.1) is 0 Å². The number of alkyl halides is 4. The van der Waals surface area contributed by atoms with Crippen LogP contribution >= 0.6 is 46.4 Å². The van der Waals surface area contributed by atoms with Crippen molar-refractivity contribution in [2.24, 2.45) is 0 Å². The number of carbonyl (C=O) groups excluding carboxylic acids is 4. The van der Waals surface area contributed by atoms with Crippen molar-refractivity contribution >= 4 is 70.3 Å². The van der Waals surface area contributed by atoms with Gasteiger partial charge < -0.3 is 18.9 Å². The predicted molar refractivity (Wildman–Crippen MR) is 298 cm³/mol. The van der Waals surface area contributed by atoms with Gasteiger partial charge in [-0.2, -0.15) is 0 Å². The Bertz CT molecular complexity index is 2880. The lowest BCUT2D eigenvalue weighted by Gasteiger charge is -2.31. The van der Waals surface area contributed by atoms with Crippen LogP contribution in [0, 0.1) is 0 Å². The summed E-state index contributed by atoms with van der Waals surface area (Å²) in [7, 11) is 0. The summed E-state index contributed by atoms with van der Waals surface area (Å²) in [5.74, 6) is -3.17. The number of ether oxygens (including phenoxy) is 4. The molecule has 0 saturated carbocycles. The van der Waals surface area contributed by atoms with E-state index >= 15 is 0 Å². The Kier molecular flexibility index (Phi) is 17.2. The summed E-state index contributed by atoms with van der Waals surface area (Å²) >= 11 is 29.8. The molecule has 0 N–H and O–H groups in total. The van der Waals surface area contributed by atoms with Gasteiger partial charge in [-0.25, -0.2) is 0 Å². The maximum atomic E-state index is 12.8. The van der Waals surface area contributed by atoms with E-state index in [4.69, 9.17) is 65.4 Å². The minimum absolute atomic E-state index is 0.438. The SMILES string of the molecule is CC(=O)OC(Cl)(c1ccccc1)c1cccc(C(CCC(c2cccc(C(Cl)(OC(C)=O)c3ccccc3)c2)c2cccc(C(Cl)(OC(C)=O)c3ccccc3)c2)c2cccc(C(Cl)(OC(C)=O)c3ccccc3)c2)c1. The maximum Gasteiger partial charge on any atom is 0.304 e. The highest BCUT2D eigenvalue weighted by Gasteiger charge is 2.40. The largest absolute Gasteiger partial charge is 0.435 e. The van der Waals surface area contributed by atoms with E-state index in [-0.39, 0.29) is 0 Å². The van der Waals surface area contributed by atoms with Crippen molar-refractivity contribution in [1.82, 2.24) is 0 Å². The molecule has 8 rings (SSSR count). The molecule has 76 heavy (non-hydrogen) atoms. The summed E-state index contributed by atoms with van der Waals surface area (Å²) in [5.41, 5.74) is 7.51. The predicted octanol–water partition coefficient (Wildman–Crippen LogP) is 15.4. The lowest BCUT2D eigenvalue weighted by atomic mass is 9.79. The van der Waals surface area contributed by atoms with E-state index in [0.717, 1.165) is 22.3 Å². The molecule has 8 nitrogen and oxygen atoms in total. The minimum atomic E-state index is -1.70. The van der Waals surface area contributed by atoms with E-state index in [1.165, 1.54) is 27.7 Å². The van der Waals surface area contributed by atoms with E-state index in [9.17, 15) is 19.2 Å². The zero-order chi connectivity index (χ0) is 54.1. The first-order chi connectivity index (χ1) is 36.4. The maximum absolute atomic E-state index is 12.8. The van der Waals surface area contributed by atoms with Crippen LogP contribution in [0.2, 0.25) is 0 Å². The van der Waals surface area contributed by atoms with E-state index in [0.29, 0.717) is 57.3 Å². The van der Waals surface area contributed by atoms with Crippen molar-refractivity contribution in [3.63, 3.8) is 0 Å². The molecule has 8 aromatic carbocycles. The lowest BCUT2D eigenvalue weighted by Crippen LogP contribution is -2.28. The number of halogens is 4. The molecule has 0 aliphatic rings. The zero-order valence-electron chi connectivity index (χ0n) is 42.1. The normalized spacial score (nSPS) is 15.2. The third-order valence-corrected chi connectivity index (χ3v) is 15.2. The average Bonchev–Trinajstić information content (AvgIpc) is 3.48. The fourth-order valence-electron chi connectivity index (χ4n) is 9.75. The van der Waals surface area contributed by atoms with E-state index in [1.807, 2.05) is 170 Å². The van der Waals surface area contributed by atoms with Gasteiger partial charge >= 0.3 is 23.9 Å². The molecule has 0 aliphatic carbocycles. The fourth-order valence-corrected chi connectivity index (χ4v) is 11.2. The molecule has 0 amide bonds. The molecule has 0 saturated heterocycles. The Hall–Kier alpha value is -7.20. The Balaban J connectivity index is 1.33. The number of carbonyl (C=O) groups is 4. The first-order valence-electron chi connectivity index (χ1n) is 24.6. The Labute approximate surface area is 463 Å². The van der Waals surface area contributed by atoms with Gasteiger partial charge in [0, 0.05) is 84.0 Å². The summed E-state index contributed by atoms with van der Waals surface area (Å²) in [4.78, 5) is 51.3. The van der Waals surface area contributed by atoms with Crippen LogP contribution in [0.5, 0.6) is 0 Å². The summed E-state index contributed by atoms with van der Waals surface area (Å²) in [6.45, 7) is 5.27. The van der Waals surface area contributed by atoms with Gasteiger partial charge in [-0.05, 0) is 59.4 Å². The second kappa shape index (κ2) is 23.8. The molecule has 4 unspecified atom stereocenters. The van der Waals surface area contributed by atoms with Gasteiger partial charge in [0.05, 0.1) is 0 Å². The van der Waals surface area contributed by atoms with Gasteiger partial charge in [0.15, 0.2) is 0 Å². The van der Waals surface area contributed by atoms with E-state index in [2.05, 4.69) is 0 Å². The van der Waals surface area contributed by atoms with Crippen molar-refractivity contribution in [2.45, 2.75) is 72.6 Å². The highest BCUT2D eigenvalue weighted by Crippen LogP contribution is 2.47. The van der Waals surface area contributed by atoms with Crippen LogP contribution in [0.25, 0.3) is 0 Å². The molecule has 0 aromatic heterocycles. The Morgan fingerprint density at radius 1 is 0.303 bits per heavy atom. The molecular formula is C64H54Cl4O8. The summed E-state index contributed by atoms with van der Waals surface area (Å²) < 4.78 is 23.9. The van der Waals surface area contributed by atoms with Crippen LogP contribution in [0.4, 0.5) is 0 Å².